The third-order valence-corrected chi connectivity index (χ3v) is 6.84. The molecular formula is C30H48O8. The molecule has 216 valence electrons. The van der Waals surface area contributed by atoms with E-state index in [1.807, 2.05) is 65.0 Å². The van der Waals surface area contributed by atoms with Gasteiger partial charge in [-0.3, -0.25) is 14.4 Å². The van der Waals surface area contributed by atoms with Crippen LogP contribution in [0.3, 0.4) is 0 Å². The quantitative estimate of drug-likeness (QED) is 0.177. The predicted octanol–water partition coefficient (Wildman–Crippen LogP) is 5.07. The molecule has 1 rings (SSSR count). The van der Waals surface area contributed by atoms with E-state index in [4.69, 9.17) is 24.1 Å². The number of hydrogen-bond acceptors (Lipinski definition) is 8. The van der Waals surface area contributed by atoms with Gasteiger partial charge in [-0.2, -0.15) is 0 Å². The average Bonchev–Trinajstić information content (AvgIpc) is 2.86. The number of esters is 3. The van der Waals surface area contributed by atoms with Crippen LogP contribution in [0.15, 0.2) is 30.3 Å². The Kier molecular flexibility index (Phi) is 13.4. The molecule has 0 heterocycles. The number of benzene rings is 1. The number of aliphatic hydroxyl groups is 1. The Labute approximate surface area is 228 Å². The summed E-state index contributed by atoms with van der Waals surface area (Å²) in [6.45, 7) is 12.9. The summed E-state index contributed by atoms with van der Waals surface area (Å²) in [5, 5.41) is 9.03. The van der Waals surface area contributed by atoms with Crippen LogP contribution >= 0.6 is 0 Å². The SMILES string of the molecule is CCC(C)(CC(CC(C)(CC(C)C(=O)OCCO)C(=O)OCCOC)c1ccccc1)C(=O)OC(C)(C)C. The van der Waals surface area contributed by atoms with Gasteiger partial charge in [-0.15, -0.1) is 0 Å². The second-order valence-corrected chi connectivity index (χ2v) is 11.6. The maximum absolute atomic E-state index is 13.5. The van der Waals surface area contributed by atoms with Crippen molar-refractivity contribution in [1.29, 1.82) is 0 Å². The zero-order valence-electron chi connectivity index (χ0n) is 24.5. The van der Waals surface area contributed by atoms with Gasteiger partial charge >= 0.3 is 17.9 Å². The van der Waals surface area contributed by atoms with Crippen LogP contribution in [0, 0.1) is 16.7 Å². The lowest BCUT2D eigenvalue weighted by atomic mass is 9.68. The normalized spacial score (nSPS) is 16.4. The van der Waals surface area contributed by atoms with Crippen molar-refractivity contribution in [3.05, 3.63) is 35.9 Å². The standard InChI is InChI=1S/C30H48O8/c1-9-29(6,27(34)38-28(3,4)5)20-24(23-13-11-10-12-14-23)21-30(7,26(33)37-18-17-35-8)19-22(2)25(32)36-16-15-31/h10-14,22,24,31H,9,15-21H2,1-8H3. The summed E-state index contributed by atoms with van der Waals surface area (Å²) in [6, 6.07) is 9.77. The maximum atomic E-state index is 13.5. The van der Waals surface area contributed by atoms with E-state index in [2.05, 4.69) is 0 Å². The van der Waals surface area contributed by atoms with E-state index in [0.29, 0.717) is 19.3 Å². The number of hydrogen-bond donors (Lipinski definition) is 1. The molecule has 0 radical (unpaired) electrons. The number of ether oxygens (including phenoxy) is 4. The van der Waals surface area contributed by atoms with Gasteiger partial charge < -0.3 is 24.1 Å². The Hall–Kier alpha value is -2.45. The van der Waals surface area contributed by atoms with Crippen molar-refractivity contribution in [2.75, 3.05) is 33.5 Å². The highest BCUT2D eigenvalue weighted by atomic mass is 16.6. The lowest BCUT2D eigenvalue weighted by molar-refractivity contribution is -0.168. The highest BCUT2D eigenvalue weighted by molar-refractivity contribution is 5.79. The van der Waals surface area contributed by atoms with Gasteiger partial charge in [0.1, 0.15) is 18.8 Å². The molecule has 0 aliphatic carbocycles. The van der Waals surface area contributed by atoms with Gasteiger partial charge in [0.15, 0.2) is 0 Å². The average molecular weight is 537 g/mol. The molecule has 1 N–H and O–H groups in total. The van der Waals surface area contributed by atoms with Crippen molar-refractivity contribution in [2.45, 2.75) is 85.7 Å². The molecule has 0 aliphatic rings. The van der Waals surface area contributed by atoms with Gasteiger partial charge in [-0.25, -0.2) is 0 Å². The lowest BCUT2D eigenvalue weighted by Crippen LogP contribution is -2.39. The molecule has 0 spiro atoms. The Bertz CT molecular complexity index is 878. The number of methoxy groups -OCH3 is 1. The van der Waals surface area contributed by atoms with Gasteiger partial charge in [0, 0.05) is 7.11 Å². The molecule has 1 aromatic rings. The van der Waals surface area contributed by atoms with E-state index in [-0.39, 0.29) is 44.7 Å². The molecule has 4 unspecified atom stereocenters. The summed E-state index contributed by atoms with van der Waals surface area (Å²) in [5.41, 5.74) is -1.49. The Balaban J connectivity index is 3.41. The van der Waals surface area contributed by atoms with Crippen molar-refractivity contribution in [2.24, 2.45) is 16.7 Å². The smallest absolute Gasteiger partial charge is 0.312 e. The van der Waals surface area contributed by atoms with Crippen LogP contribution in [0.2, 0.25) is 0 Å². The minimum atomic E-state index is -1.06. The van der Waals surface area contributed by atoms with E-state index in [1.54, 1.807) is 13.8 Å². The molecule has 0 saturated carbocycles. The summed E-state index contributed by atoms with van der Waals surface area (Å²) in [7, 11) is 1.53. The van der Waals surface area contributed by atoms with Crippen LogP contribution in [0.1, 0.15) is 85.6 Å². The highest BCUT2D eigenvalue weighted by Crippen LogP contribution is 2.45. The first-order valence-corrected chi connectivity index (χ1v) is 13.4. The predicted molar refractivity (Wildman–Crippen MR) is 145 cm³/mol. The van der Waals surface area contributed by atoms with E-state index < -0.39 is 34.3 Å². The minimum absolute atomic E-state index is 0.0921. The Morgan fingerprint density at radius 1 is 0.842 bits per heavy atom. The van der Waals surface area contributed by atoms with Crippen molar-refractivity contribution >= 4 is 17.9 Å². The molecule has 0 saturated heterocycles. The summed E-state index contributed by atoms with van der Waals surface area (Å²) >= 11 is 0. The van der Waals surface area contributed by atoms with Crippen LogP contribution < -0.4 is 0 Å². The summed E-state index contributed by atoms with van der Waals surface area (Å²) < 4.78 is 21.5. The molecule has 4 atom stereocenters. The van der Waals surface area contributed by atoms with Crippen LogP contribution in [0.4, 0.5) is 0 Å². The minimum Gasteiger partial charge on any atom is -0.463 e. The van der Waals surface area contributed by atoms with Crippen molar-refractivity contribution < 1.29 is 38.4 Å². The Morgan fingerprint density at radius 3 is 1.97 bits per heavy atom. The molecule has 8 heteroatoms. The van der Waals surface area contributed by atoms with Gasteiger partial charge in [-0.05, 0) is 71.8 Å². The van der Waals surface area contributed by atoms with Gasteiger partial charge in [-0.1, -0.05) is 44.2 Å². The second kappa shape index (κ2) is 15.2. The number of carbonyl (C=O) groups is 3. The largest absolute Gasteiger partial charge is 0.463 e. The second-order valence-electron chi connectivity index (χ2n) is 11.6. The molecule has 0 fully saturated rings. The summed E-state index contributed by atoms with van der Waals surface area (Å²) in [6.07, 6.45) is 1.54. The van der Waals surface area contributed by atoms with Gasteiger partial charge in [0.2, 0.25) is 0 Å². The number of rotatable bonds is 16. The monoisotopic (exact) mass is 536 g/mol. The van der Waals surface area contributed by atoms with Gasteiger partial charge in [0.25, 0.3) is 0 Å². The van der Waals surface area contributed by atoms with E-state index >= 15 is 0 Å². The molecule has 0 aromatic heterocycles. The summed E-state index contributed by atoms with van der Waals surface area (Å²) in [4.78, 5) is 39.3. The molecule has 0 bridgehead atoms. The van der Waals surface area contributed by atoms with Crippen LogP contribution in [0.5, 0.6) is 0 Å². The molecule has 0 amide bonds. The fourth-order valence-electron chi connectivity index (χ4n) is 4.58. The lowest BCUT2D eigenvalue weighted by Gasteiger charge is -2.37. The van der Waals surface area contributed by atoms with Crippen molar-refractivity contribution in [3.63, 3.8) is 0 Å². The first-order valence-electron chi connectivity index (χ1n) is 13.4. The molecule has 0 aliphatic heterocycles. The van der Waals surface area contributed by atoms with E-state index in [0.717, 1.165) is 5.56 Å². The van der Waals surface area contributed by atoms with E-state index in [1.165, 1.54) is 7.11 Å². The number of carbonyl (C=O) groups excluding carboxylic acids is 3. The molecule has 1 aromatic carbocycles. The fraction of sp³-hybridized carbons (Fsp3) is 0.700. The topological polar surface area (TPSA) is 108 Å². The first kappa shape index (κ1) is 33.6. The third kappa shape index (κ3) is 10.7. The fourth-order valence-corrected chi connectivity index (χ4v) is 4.58. The van der Waals surface area contributed by atoms with E-state index in [9.17, 15) is 14.4 Å². The maximum Gasteiger partial charge on any atom is 0.312 e. The zero-order valence-corrected chi connectivity index (χ0v) is 24.5. The molecule has 8 nitrogen and oxygen atoms in total. The van der Waals surface area contributed by atoms with Crippen LogP contribution in [-0.2, 0) is 33.3 Å². The van der Waals surface area contributed by atoms with Gasteiger partial charge in [0.05, 0.1) is 30.0 Å². The third-order valence-electron chi connectivity index (χ3n) is 6.84. The highest BCUT2D eigenvalue weighted by Gasteiger charge is 2.44. The Morgan fingerprint density at radius 2 is 1.45 bits per heavy atom. The van der Waals surface area contributed by atoms with Crippen molar-refractivity contribution in [1.82, 2.24) is 0 Å². The number of aliphatic hydroxyl groups excluding tert-OH is 1. The summed E-state index contributed by atoms with van der Waals surface area (Å²) in [5.74, 6) is -2.01. The first-order chi connectivity index (χ1) is 17.7. The molecular weight excluding hydrogens is 488 g/mol. The van der Waals surface area contributed by atoms with Crippen molar-refractivity contribution in [3.8, 4) is 0 Å². The zero-order chi connectivity index (χ0) is 29.0. The van der Waals surface area contributed by atoms with Crippen LogP contribution in [0.25, 0.3) is 0 Å². The van der Waals surface area contributed by atoms with Crippen LogP contribution in [-0.4, -0.2) is 62.2 Å². The molecule has 38 heavy (non-hydrogen) atoms.